The van der Waals surface area contributed by atoms with Gasteiger partial charge in [0.2, 0.25) is 21.8 Å². The lowest BCUT2D eigenvalue weighted by atomic mass is 10.0. The highest BCUT2D eigenvalue weighted by atomic mass is 35.5. The Hall–Kier alpha value is -3.07. The Balaban J connectivity index is 2.03. The molecule has 196 valence electrons. The molecule has 0 aliphatic carbocycles. The van der Waals surface area contributed by atoms with Gasteiger partial charge in [-0.1, -0.05) is 83.9 Å². The van der Waals surface area contributed by atoms with E-state index in [9.17, 15) is 18.0 Å². The number of nitrogens with one attached hydrogen (secondary N) is 1. The minimum absolute atomic E-state index is 0.118. The van der Waals surface area contributed by atoms with Gasteiger partial charge in [0.25, 0.3) is 0 Å². The Morgan fingerprint density at radius 3 is 2.03 bits per heavy atom. The Bertz CT molecular complexity index is 1320. The van der Waals surface area contributed by atoms with E-state index in [4.69, 9.17) is 23.2 Å². The molecule has 1 unspecified atom stereocenters. The van der Waals surface area contributed by atoms with Crippen LogP contribution in [0.3, 0.4) is 0 Å². The molecule has 0 spiro atoms. The van der Waals surface area contributed by atoms with E-state index in [1.54, 1.807) is 6.92 Å². The Labute approximate surface area is 228 Å². The maximum Gasteiger partial charge on any atom is 0.244 e. The quantitative estimate of drug-likeness (QED) is 0.372. The van der Waals surface area contributed by atoms with Crippen molar-refractivity contribution in [2.75, 3.05) is 23.7 Å². The van der Waals surface area contributed by atoms with Gasteiger partial charge in [0, 0.05) is 19.5 Å². The molecule has 0 saturated carbocycles. The van der Waals surface area contributed by atoms with E-state index in [2.05, 4.69) is 5.32 Å². The molecule has 37 heavy (non-hydrogen) atoms. The summed E-state index contributed by atoms with van der Waals surface area (Å²) in [4.78, 5) is 28.5. The van der Waals surface area contributed by atoms with E-state index in [0.29, 0.717) is 6.54 Å². The molecule has 0 aliphatic rings. The normalized spacial score (nSPS) is 12.0. The summed E-state index contributed by atoms with van der Waals surface area (Å²) < 4.78 is 26.4. The van der Waals surface area contributed by atoms with Crippen molar-refractivity contribution >= 4 is 50.7 Å². The van der Waals surface area contributed by atoms with E-state index < -0.39 is 28.5 Å². The van der Waals surface area contributed by atoms with Crippen LogP contribution in [0.15, 0.2) is 78.9 Å². The highest BCUT2D eigenvalue weighted by Gasteiger charge is 2.32. The molecule has 0 fully saturated rings. The summed E-state index contributed by atoms with van der Waals surface area (Å²) >= 11 is 12.1. The fourth-order valence-electron chi connectivity index (χ4n) is 3.88. The molecular weight excluding hydrogens is 533 g/mol. The van der Waals surface area contributed by atoms with E-state index in [1.807, 2.05) is 60.7 Å². The molecule has 1 N–H and O–H groups in total. The fraction of sp³-hybridized carbons (Fsp3) is 0.259. The van der Waals surface area contributed by atoms with E-state index in [-0.39, 0.29) is 34.6 Å². The van der Waals surface area contributed by atoms with Crippen LogP contribution >= 0.6 is 23.2 Å². The summed E-state index contributed by atoms with van der Waals surface area (Å²) in [6.45, 7) is 1.79. The second-order valence-corrected chi connectivity index (χ2v) is 11.2. The van der Waals surface area contributed by atoms with Gasteiger partial charge in [-0.3, -0.25) is 13.9 Å². The number of benzene rings is 3. The van der Waals surface area contributed by atoms with Crippen LogP contribution in [0.2, 0.25) is 10.0 Å². The molecule has 0 heterocycles. The van der Waals surface area contributed by atoms with Gasteiger partial charge in [-0.15, -0.1) is 0 Å². The standard InChI is InChI=1S/C27H29Cl2N3O4S/c1-3-30-27(34)25(16-20-10-6-4-7-11-20)31(18-21-12-8-5-9-13-21)26(33)19-32(37(2,35)36)22-14-15-23(28)24(29)17-22/h4-15,17,25H,3,16,18-19H2,1-2H3,(H,30,34). The maximum absolute atomic E-state index is 13.9. The van der Waals surface area contributed by atoms with Crippen LogP contribution in [0, 0.1) is 0 Å². The lowest BCUT2D eigenvalue weighted by molar-refractivity contribution is -0.140. The summed E-state index contributed by atoms with van der Waals surface area (Å²) in [5.74, 6) is -0.858. The van der Waals surface area contributed by atoms with Gasteiger partial charge in [0.15, 0.2) is 0 Å². The Kier molecular flexibility index (Phi) is 9.97. The molecule has 0 aromatic heterocycles. The van der Waals surface area contributed by atoms with Gasteiger partial charge in [-0.25, -0.2) is 8.42 Å². The zero-order valence-corrected chi connectivity index (χ0v) is 22.9. The lowest BCUT2D eigenvalue weighted by Crippen LogP contribution is -2.53. The Morgan fingerprint density at radius 2 is 1.49 bits per heavy atom. The second-order valence-electron chi connectivity index (χ2n) is 8.48. The number of anilines is 1. The van der Waals surface area contributed by atoms with Gasteiger partial charge < -0.3 is 10.2 Å². The number of likely N-dealkylation sites (N-methyl/N-ethyl adjacent to an activating group) is 1. The van der Waals surface area contributed by atoms with Gasteiger partial charge in [0.1, 0.15) is 12.6 Å². The third-order valence-corrected chi connectivity index (χ3v) is 7.57. The monoisotopic (exact) mass is 561 g/mol. The summed E-state index contributed by atoms with van der Waals surface area (Å²) in [7, 11) is -3.88. The first-order valence-corrected chi connectivity index (χ1v) is 14.3. The van der Waals surface area contributed by atoms with Crippen LogP contribution in [0.1, 0.15) is 18.1 Å². The highest BCUT2D eigenvalue weighted by molar-refractivity contribution is 7.92. The third kappa shape index (κ3) is 7.95. The van der Waals surface area contributed by atoms with E-state index in [1.165, 1.54) is 23.1 Å². The molecule has 3 aromatic rings. The zero-order chi connectivity index (χ0) is 27.0. The van der Waals surface area contributed by atoms with Gasteiger partial charge in [-0.2, -0.15) is 0 Å². The molecule has 0 bridgehead atoms. The van der Waals surface area contributed by atoms with Gasteiger partial charge in [-0.05, 0) is 36.2 Å². The average Bonchev–Trinajstić information content (AvgIpc) is 2.87. The molecule has 0 aliphatic heterocycles. The number of rotatable bonds is 11. The number of halogens is 2. The molecule has 3 aromatic carbocycles. The van der Waals surface area contributed by atoms with Crippen molar-refractivity contribution < 1.29 is 18.0 Å². The highest BCUT2D eigenvalue weighted by Crippen LogP contribution is 2.28. The number of carbonyl (C=O) groups excluding carboxylic acids is 2. The number of amides is 2. The summed E-state index contributed by atoms with van der Waals surface area (Å²) in [6, 6.07) is 22.1. The van der Waals surface area contributed by atoms with Crippen molar-refractivity contribution in [3.8, 4) is 0 Å². The third-order valence-electron chi connectivity index (χ3n) is 5.69. The second kappa shape index (κ2) is 12.9. The first-order valence-electron chi connectivity index (χ1n) is 11.7. The lowest BCUT2D eigenvalue weighted by Gasteiger charge is -2.33. The van der Waals surface area contributed by atoms with Gasteiger partial charge >= 0.3 is 0 Å². The fourth-order valence-corrected chi connectivity index (χ4v) is 5.01. The van der Waals surface area contributed by atoms with Crippen molar-refractivity contribution in [2.24, 2.45) is 0 Å². The van der Waals surface area contributed by atoms with Crippen LogP contribution in [0.25, 0.3) is 0 Å². The SMILES string of the molecule is CCNC(=O)C(Cc1ccccc1)N(Cc1ccccc1)C(=O)CN(c1ccc(Cl)c(Cl)c1)S(C)(=O)=O. The van der Waals surface area contributed by atoms with Crippen molar-refractivity contribution in [3.05, 3.63) is 100 Å². The Morgan fingerprint density at radius 1 is 0.892 bits per heavy atom. The molecule has 0 saturated heterocycles. The minimum Gasteiger partial charge on any atom is -0.355 e. The molecular formula is C27H29Cl2N3O4S. The van der Waals surface area contributed by atoms with E-state index in [0.717, 1.165) is 21.7 Å². The number of nitrogens with zero attached hydrogens (tertiary/aromatic N) is 2. The van der Waals surface area contributed by atoms with Crippen LogP contribution in [-0.2, 0) is 32.6 Å². The van der Waals surface area contributed by atoms with Crippen molar-refractivity contribution in [1.82, 2.24) is 10.2 Å². The maximum atomic E-state index is 13.9. The van der Waals surface area contributed by atoms with Crippen LogP contribution in [0.5, 0.6) is 0 Å². The molecule has 1 atom stereocenters. The number of carbonyl (C=O) groups is 2. The van der Waals surface area contributed by atoms with E-state index >= 15 is 0 Å². The number of sulfonamides is 1. The van der Waals surface area contributed by atoms with Crippen molar-refractivity contribution in [1.29, 1.82) is 0 Å². The van der Waals surface area contributed by atoms with Gasteiger partial charge in [0.05, 0.1) is 22.0 Å². The minimum atomic E-state index is -3.88. The average molecular weight is 563 g/mol. The molecule has 10 heteroatoms. The summed E-state index contributed by atoms with van der Waals surface area (Å²) in [5, 5.41) is 3.24. The first kappa shape index (κ1) is 28.5. The smallest absolute Gasteiger partial charge is 0.244 e. The molecule has 0 radical (unpaired) electrons. The predicted octanol–water partition coefficient (Wildman–Crippen LogP) is 4.54. The summed E-state index contributed by atoms with van der Waals surface area (Å²) in [6.07, 6.45) is 1.27. The number of hydrogen-bond donors (Lipinski definition) is 1. The molecule has 3 rings (SSSR count). The summed E-state index contributed by atoms with van der Waals surface area (Å²) in [5.41, 5.74) is 1.87. The number of hydrogen-bond acceptors (Lipinski definition) is 4. The van der Waals surface area contributed by atoms with Crippen molar-refractivity contribution in [3.63, 3.8) is 0 Å². The van der Waals surface area contributed by atoms with Crippen molar-refractivity contribution in [2.45, 2.75) is 25.9 Å². The molecule has 7 nitrogen and oxygen atoms in total. The predicted molar refractivity (Wildman–Crippen MR) is 148 cm³/mol. The zero-order valence-electron chi connectivity index (χ0n) is 20.6. The van der Waals surface area contributed by atoms with Crippen LogP contribution in [0.4, 0.5) is 5.69 Å². The largest absolute Gasteiger partial charge is 0.355 e. The van der Waals surface area contributed by atoms with Crippen LogP contribution < -0.4 is 9.62 Å². The first-order chi connectivity index (χ1) is 17.6. The van der Waals surface area contributed by atoms with Crippen LogP contribution in [-0.4, -0.2) is 50.5 Å². The molecule has 2 amide bonds. The topological polar surface area (TPSA) is 86.8 Å².